The molecular weight excluding hydrogens is 224 g/mol. The maximum Gasteiger partial charge on any atom is 0.159 e. The van der Waals surface area contributed by atoms with E-state index < -0.39 is 17.7 Å². The lowest BCUT2D eigenvalue weighted by Crippen LogP contribution is -2.31. The van der Waals surface area contributed by atoms with Gasteiger partial charge < -0.3 is 10.5 Å². The first-order valence-corrected chi connectivity index (χ1v) is 5.95. The molecular formula is C13H17F2NO. The second kappa shape index (κ2) is 5.10. The fourth-order valence-corrected chi connectivity index (χ4v) is 2.06. The number of benzene rings is 1. The molecule has 0 amide bonds. The van der Waals surface area contributed by atoms with Crippen LogP contribution in [0.25, 0.3) is 0 Å². The zero-order valence-electron chi connectivity index (χ0n) is 9.83. The van der Waals surface area contributed by atoms with Crippen molar-refractivity contribution in [2.24, 2.45) is 11.7 Å². The molecule has 1 aromatic carbocycles. The van der Waals surface area contributed by atoms with Crippen LogP contribution in [0.3, 0.4) is 0 Å². The Morgan fingerprint density at radius 1 is 1.35 bits per heavy atom. The summed E-state index contributed by atoms with van der Waals surface area (Å²) >= 11 is 0. The Labute approximate surface area is 99.8 Å². The minimum absolute atomic E-state index is 0.0927. The molecule has 94 valence electrons. The van der Waals surface area contributed by atoms with E-state index in [0.717, 1.165) is 25.0 Å². The quantitative estimate of drug-likeness (QED) is 0.860. The smallest absolute Gasteiger partial charge is 0.159 e. The molecule has 0 spiro atoms. The summed E-state index contributed by atoms with van der Waals surface area (Å²) in [5.74, 6) is -1.25. The molecule has 2 nitrogen and oxygen atoms in total. The van der Waals surface area contributed by atoms with Crippen molar-refractivity contribution >= 4 is 0 Å². The van der Waals surface area contributed by atoms with Crippen molar-refractivity contribution in [1.82, 2.24) is 0 Å². The van der Waals surface area contributed by atoms with Crippen LogP contribution in [0.2, 0.25) is 0 Å². The van der Waals surface area contributed by atoms with E-state index in [0.29, 0.717) is 18.1 Å². The van der Waals surface area contributed by atoms with E-state index >= 15 is 0 Å². The minimum Gasteiger partial charge on any atom is -0.376 e. The van der Waals surface area contributed by atoms with E-state index in [1.165, 1.54) is 6.07 Å². The molecule has 2 rings (SSSR count). The molecule has 1 aliphatic carbocycles. The van der Waals surface area contributed by atoms with Gasteiger partial charge in [0.2, 0.25) is 0 Å². The highest BCUT2D eigenvalue weighted by Gasteiger charge is 2.36. The number of ether oxygens (including phenoxy) is 1. The fraction of sp³-hybridized carbons (Fsp3) is 0.538. The van der Waals surface area contributed by atoms with Crippen molar-refractivity contribution in [1.29, 1.82) is 0 Å². The molecule has 2 unspecified atom stereocenters. The van der Waals surface area contributed by atoms with Crippen molar-refractivity contribution in [2.75, 3.05) is 6.61 Å². The summed E-state index contributed by atoms with van der Waals surface area (Å²) < 4.78 is 31.6. The Hall–Kier alpha value is -1.00. The standard InChI is InChI=1S/C13H17F2NO/c1-2-17-13(8-3-4-8)12(16)9-5-6-10(14)11(15)7-9/h5-8,12-13H,2-4,16H2,1H3. The van der Waals surface area contributed by atoms with Gasteiger partial charge in [0.15, 0.2) is 11.6 Å². The lowest BCUT2D eigenvalue weighted by Gasteiger charge is -2.24. The second-order valence-electron chi connectivity index (χ2n) is 4.46. The number of nitrogens with two attached hydrogens (primary N) is 1. The van der Waals surface area contributed by atoms with E-state index in [-0.39, 0.29) is 6.10 Å². The van der Waals surface area contributed by atoms with Gasteiger partial charge in [0.25, 0.3) is 0 Å². The first kappa shape index (κ1) is 12.5. The largest absolute Gasteiger partial charge is 0.376 e. The summed E-state index contributed by atoms with van der Waals surface area (Å²) in [6.45, 7) is 2.49. The lowest BCUT2D eigenvalue weighted by molar-refractivity contribution is 0.0282. The molecule has 1 saturated carbocycles. The van der Waals surface area contributed by atoms with Gasteiger partial charge in [0.05, 0.1) is 12.1 Å². The van der Waals surface area contributed by atoms with E-state index in [9.17, 15) is 8.78 Å². The highest BCUT2D eigenvalue weighted by Crippen LogP contribution is 2.39. The lowest BCUT2D eigenvalue weighted by atomic mass is 9.99. The highest BCUT2D eigenvalue weighted by atomic mass is 19.2. The van der Waals surface area contributed by atoms with Gasteiger partial charge in [-0.2, -0.15) is 0 Å². The highest BCUT2D eigenvalue weighted by molar-refractivity contribution is 5.22. The molecule has 1 aliphatic rings. The maximum atomic E-state index is 13.1. The SMILES string of the molecule is CCOC(C1CC1)C(N)c1ccc(F)c(F)c1. The van der Waals surface area contributed by atoms with E-state index in [1.807, 2.05) is 6.92 Å². The Kier molecular flexibility index (Phi) is 3.74. The van der Waals surface area contributed by atoms with Gasteiger partial charge in [-0.05, 0) is 43.4 Å². The van der Waals surface area contributed by atoms with E-state index in [1.54, 1.807) is 0 Å². The third kappa shape index (κ3) is 2.82. The summed E-state index contributed by atoms with van der Waals surface area (Å²) in [5.41, 5.74) is 6.66. The number of halogens is 2. The van der Waals surface area contributed by atoms with Gasteiger partial charge in [0, 0.05) is 6.61 Å². The molecule has 2 N–H and O–H groups in total. The van der Waals surface area contributed by atoms with Crippen LogP contribution in [-0.4, -0.2) is 12.7 Å². The van der Waals surface area contributed by atoms with Crippen LogP contribution in [-0.2, 0) is 4.74 Å². The second-order valence-corrected chi connectivity index (χ2v) is 4.46. The summed E-state index contributed by atoms with van der Waals surface area (Å²) in [4.78, 5) is 0. The van der Waals surface area contributed by atoms with Crippen LogP contribution in [0, 0.1) is 17.6 Å². The Balaban J connectivity index is 2.15. The molecule has 0 saturated heterocycles. The van der Waals surface area contributed by atoms with Gasteiger partial charge in [-0.15, -0.1) is 0 Å². The Morgan fingerprint density at radius 3 is 2.59 bits per heavy atom. The molecule has 0 aromatic heterocycles. The predicted molar refractivity (Wildman–Crippen MR) is 61.4 cm³/mol. The fourth-order valence-electron chi connectivity index (χ4n) is 2.06. The first-order chi connectivity index (χ1) is 8.13. The Bertz CT molecular complexity index is 393. The topological polar surface area (TPSA) is 35.2 Å². The molecule has 0 radical (unpaired) electrons. The zero-order valence-corrected chi connectivity index (χ0v) is 9.83. The van der Waals surface area contributed by atoms with Crippen LogP contribution in [0.1, 0.15) is 31.4 Å². The van der Waals surface area contributed by atoms with Gasteiger partial charge in [0.1, 0.15) is 0 Å². The Morgan fingerprint density at radius 2 is 2.06 bits per heavy atom. The molecule has 4 heteroatoms. The maximum absolute atomic E-state index is 13.1. The van der Waals surface area contributed by atoms with E-state index in [4.69, 9.17) is 10.5 Å². The number of hydrogen-bond acceptors (Lipinski definition) is 2. The van der Waals surface area contributed by atoms with Crippen LogP contribution in [0.4, 0.5) is 8.78 Å². The van der Waals surface area contributed by atoms with Crippen LogP contribution in [0.15, 0.2) is 18.2 Å². The van der Waals surface area contributed by atoms with E-state index in [2.05, 4.69) is 0 Å². The van der Waals surface area contributed by atoms with Gasteiger partial charge in [-0.1, -0.05) is 6.07 Å². The molecule has 0 heterocycles. The van der Waals surface area contributed by atoms with Crippen molar-refractivity contribution in [2.45, 2.75) is 31.9 Å². The van der Waals surface area contributed by atoms with Crippen LogP contribution < -0.4 is 5.73 Å². The molecule has 0 aliphatic heterocycles. The van der Waals surface area contributed by atoms with Gasteiger partial charge in [-0.3, -0.25) is 0 Å². The monoisotopic (exact) mass is 241 g/mol. The first-order valence-electron chi connectivity index (χ1n) is 5.95. The zero-order chi connectivity index (χ0) is 12.4. The van der Waals surface area contributed by atoms with Crippen molar-refractivity contribution in [3.63, 3.8) is 0 Å². The number of hydrogen-bond donors (Lipinski definition) is 1. The van der Waals surface area contributed by atoms with Crippen molar-refractivity contribution < 1.29 is 13.5 Å². The van der Waals surface area contributed by atoms with Gasteiger partial charge >= 0.3 is 0 Å². The summed E-state index contributed by atoms with van der Waals surface area (Å²) in [5, 5.41) is 0. The third-order valence-electron chi connectivity index (χ3n) is 3.13. The molecule has 1 aromatic rings. The normalized spacial score (nSPS) is 19.1. The third-order valence-corrected chi connectivity index (χ3v) is 3.13. The molecule has 1 fully saturated rings. The van der Waals surface area contributed by atoms with Gasteiger partial charge in [-0.25, -0.2) is 8.78 Å². The van der Waals surface area contributed by atoms with Crippen LogP contribution in [0.5, 0.6) is 0 Å². The summed E-state index contributed by atoms with van der Waals surface area (Å²) in [7, 11) is 0. The minimum atomic E-state index is -0.857. The van der Waals surface area contributed by atoms with Crippen molar-refractivity contribution in [3.05, 3.63) is 35.4 Å². The molecule has 2 atom stereocenters. The average Bonchev–Trinajstić information content (AvgIpc) is 3.13. The predicted octanol–water partition coefficient (Wildman–Crippen LogP) is 2.78. The van der Waals surface area contributed by atoms with Crippen molar-refractivity contribution in [3.8, 4) is 0 Å². The molecule has 0 bridgehead atoms. The summed E-state index contributed by atoms with van der Waals surface area (Å²) in [6, 6.07) is 3.41. The molecule has 17 heavy (non-hydrogen) atoms. The average molecular weight is 241 g/mol. The van der Waals surface area contributed by atoms with Crippen LogP contribution >= 0.6 is 0 Å². The summed E-state index contributed by atoms with van der Waals surface area (Å²) in [6.07, 6.45) is 2.11. The number of rotatable bonds is 5.